The van der Waals surface area contributed by atoms with Crippen molar-refractivity contribution >= 4 is 24.8 Å². The molecule has 1 aromatic rings. The fourth-order valence-corrected chi connectivity index (χ4v) is 2.70. The molecule has 130 valence electrons. The van der Waals surface area contributed by atoms with Gasteiger partial charge in [-0.1, -0.05) is 0 Å². The first-order valence-corrected chi connectivity index (χ1v) is 6.97. The SMILES string of the molecule is COc1cc(O)c([C@H](CC#N)N2CCNCC2)c(OC)c1.Cl.Cl. The monoisotopic (exact) mass is 363 g/mol. The lowest BCUT2D eigenvalue weighted by atomic mass is 9.99. The van der Waals surface area contributed by atoms with Gasteiger partial charge >= 0.3 is 0 Å². The van der Waals surface area contributed by atoms with Crippen molar-refractivity contribution in [3.63, 3.8) is 0 Å². The largest absolute Gasteiger partial charge is 0.507 e. The Morgan fingerprint density at radius 2 is 1.91 bits per heavy atom. The summed E-state index contributed by atoms with van der Waals surface area (Å²) in [6, 6.07) is 5.33. The van der Waals surface area contributed by atoms with E-state index in [1.54, 1.807) is 19.2 Å². The van der Waals surface area contributed by atoms with Gasteiger partial charge in [0.15, 0.2) is 0 Å². The van der Waals surface area contributed by atoms with Crippen molar-refractivity contribution in [1.29, 1.82) is 5.26 Å². The molecule has 2 rings (SSSR count). The van der Waals surface area contributed by atoms with Gasteiger partial charge < -0.3 is 19.9 Å². The summed E-state index contributed by atoms with van der Waals surface area (Å²) in [5.74, 6) is 1.18. The van der Waals surface area contributed by atoms with Gasteiger partial charge in [0.05, 0.1) is 38.3 Å². The van der Waals surface area contributed by atoms with Crippen molar-refractivity contribution in [2.24, 2.45) is 0 Å². The Hall–Kier alpha value is -1.39. The average molecular weight is 364 g/mol. The molecule has 1 heterocycles. The Labute approximate surface area is 149 Å². The lowest BCUT2D eigenvalue weighted by Gasteiger charge is -2.34. The number of rotatable bonds is 5. The van der Waals surface area contributed by atoms with Crippen LogP contribution in [0.3, 0.4) is 0 Å². The number of halogens is 2. The lowest BCUT2D eigenvalue weighted by molar-refractivity contribution is 0.170. The molecular weight excluding hydrogens is 341 g/mol. The van der Waals surface area contributed by atoms with E-state index in [2.05, 4.69) is 16.3 Å². The number of ether oxygens (including phenoxy) is 2. The van der Waals surface area contributed by atoms with Gasteiger partial charge in [-0.05, 0) is 0 Å². The van der Waals surface area contributed by atoms with E-state index in [1.165, 1.54) is 7.11 Å². The minimum atomic E-state index is -0.182. The summed E-state index contributed by atoms with van der Waals surface area (Å²) in [7, 11) is 3.09. The normalized spacial score (nSPS) is 15.5. The highest BCUT2D eigenvalue weighted by Gasteiger charge is 2.28. The molecule has 0 spiro atoms. The maximum Gasteiger partial charge on any atom is 0.131 e. The Morgan fingerprint density at radius 1 is 1.26 bits per heavy atom. The highest BCUT2D eigenvalue weighted by molar-refractivity contribution is 5.85. The molecule has 1 atom stereocenters. The fraction of sp³-hybridized carbons (Fsp3) is 0.533. The predicted molar refractivity (Wildman–Crippen MR) is 93.1 cm³/mol. The highest BCUT2D eigenvalue weighted by atomic mass is 35.5. The number of phenols is 1. The minimum Gasteiger partial charge on any atom is -0.507 e. The smallest absolute Gasteiger partial charge is 0.131 e. The highest BCUT2D eigenvalue weighted by Crippen LogP contribution is 2.41. The number of methoxy groups -OCH3 is 2. The topological polar surface area (TPSA) is 77.8 Å². The van der Waals surface area contributed by atoms with E-state index in [0.29, 0.717) is 23.5 Å². The van der Waals surface area contributed by atoms with Crippen molar-refractivity contribution in [3.8, 4) is 23.3 Å². The number of benzene rings is 1. The van der Waals surface area contributed by atoms with Gasteiger partial charge in [-0.3, -0.25) is 4.90 Å². The second kappa shape index (κ2) is 10.4. The summed E-state index contributed by atoms with van der Waals surface area (Å²) in [4.78, 5) is 2.20. The fourth-order valence-electron chi connectivity index (χ4n) is 2.70. The molecule has 0 radical (unpaired) electrons. The molecule has 0 unspecified atom stereocenters. The molecule has 0 aromatic heterocycles. The van der Waals surface area contributed by atoms with E-state index in [0.717, 1.165) is 26.2 Å². The Morgan fingerprint density at radius 3 is 2.43 bits per heavy atom. The van der Waals surface area contributed by atoms with Crippen LogP contribution in [0.2, 0.25) is 0 Å². The number of hydrogen-bond acceptors (Lipinski definition) is 6. The van der Waals surface area contributed by atoms with Crippen LogP contribution in [0.4, 0.5) is 0 Å². The molecule has 8 heteroatoms. The maximum absolute atomic E-state index is 10.4. The van der Waals surface area contributed by atoms with Crippen molar-refractivity contribution in [1.82, 2.24) is 10.2 Å². The number of phenolic OH excluding ortho intramolecular Hbond substituents is 1. The van der Waals surface area contributed by atoms with Gasteiger partial charge in [0.25, 0.3) is 0 Å². The molecule has 1 saturated heterocycles. The third kappa shape index (κ3) is 5.05. The molecule has 0 amide bonds. The number of nitrogens with zero attached hydrogens (tertiary/aromatic N) is 2. The first kappa shape index (κ1) is 21.6. The average Bonchev–Trinajstić information content (AvgIpc) is 2.53. The van der Waals surface area contributed by atoms with Crippen LogP contribution in [0.25, 0.3) is 0 Å². The van der Waals surface area contributed by atoms with Crippen LogP contribution in [-0.4, -0.2) is 50.4 Å². The van der Waals surface area contributed by atoms with E-state index >= 15 is 0 Å². The molecule has 1 fully saturated rings. The van der Waals surface area contributed by atoms with Crippen LogP contribution in [0.5, 0.6) is 17.2 Å². The zero-order valence-corrected chi connectivity index (χ0v) is 14.9. The summed E-state index contributed by atoms with van der Waals surface area (Å²) in [5.41, 5.74) is 0.654. The van der Waals surface area contributed by atoms with Gasteiger partial charge in [-0.15, -0.1) is 24.8 Å². The molecule has 1 aliphatic rings. The number of aromatic hydroxyl groups is 1. The van der Waals surface area contributed by atoms with Gasteiger partial charge in [0.1, 0.15) is 17.2 Å². The first-order valence-electron chi connectivity index (χ1n) is 6.97. The zero-order valence-electron chi connectivity index (χ0n) is 13.2. The van der Waals surface area contributed by atoms with E-state index in [-0.39, 0.29) is 36.6 Å². The Balaban J connectivity index is 0.00000242. The summed E-state index contributed by atoms with van der Waals surface area (Å²) in [6.45, 7) is 3.42. The van der Waals surface area contributed by atoms with Gasteiger partial charge in [-0.2, -0.15) is 5.26 Å². The van der Waals surface area contributed by atoms with Crippen LogP contribution >= 0.6 is 24.8 Å². The van der Waals surface area contributed by atoms with Crippen molar-refractivity contribution in [2.75, 3.05) is 40.4 Å². The molecule has 2 N–H and O–H groups in total. The summed E-state index contributed by atoms with van der Waals surface area (Å²) >= 11 is 0. The summed E-state index contributed by atoms with van der Waals surface area (Å²) in [6.07, 6.45) is 0.302. The molecule has 1 aromatic carbocycles. The number of nitrogens with one attached hydrogen (secondary N) is 1. The van der Waals surface area contributed by atoms with Crippen molar-refractivity contribution in [3.05, 3.63) is 17.7 Å². The van der Waals surface area contributed by atoms with Crippen LogP contribution in [-0.2, 0) is 0 Å². The Kier molecular flexibility index (Phi) is 9.77. The van der Waals surface area contributed by atoms with Crippen molar-refractivity contribution in [2.45, 2.75) is 12.5 Å². The first-order chi connectivity index (χ1) is 10.2. The minimum absolute atomic E-state index is 0. The maximum atomic E-state index is 10.4. The van der Waals surface area contributed by atoms with Gasteiger partial charge in [-0.25, -0.2) is 0 Å². The van der Waals surface area contributed by atoms with E-state index < -0.39 is 0 Å². The molecular formula is C15H23Cl2N3O3. The third-order valence-electron chi connectivity index (χ3n) is 3.76. The molecule has 1 aliphatic heterocycles. The van der Waals surface area contributed by atoms with E-state index in [9.17, 15) is 5.11 Å². The van der Waals surface area contributed by atoms with Crippen LogP contribution < -0.4 is 14.8 Å². The third-order valence-corrected chi connectivity index (χ3v) is 3.76. The molecule has 0 saturated carbocycles. The second-order valence-corrected chi connectivity index (χ2v) is 4.93. The van der Waals surface area contributed by atoms with Crippen LogP contribution in [0.1, 0.15) is 18.0 Å². The van der Waals surface area contributed by atoms with Crippen molar-refractivity contribution < 1.29 is 14.6 Å². The lowest BCUT2D eigenvalue weighted by Crippen LogP contribution is -2.45. The second-order valence-electron chi connectivity index (χ2n) is 4.93. The van der Waals surface area contributed by atoms with Crippen LogP contribution in [0.15, 0.2) is 12.1 Å². The quantitative estimate of drug-likeness (QED) is 0.833. The standard InChI is InChI=1S/C15H21N3O3.2ClH/c1-20-11-9-13(19)15(14(10-11)21-2)12(3-4-16)18-7-5-17-6-8-18;;/h9-10,12,17,19H,3,5-8H2,1-2H3;2*1H/t12-;;/m0../s1. The number of piperazine rings is 1. The van der Waals surface area contributed by atoms with Gasteiger partial charge in [0, 0.05) is 38.3 Å². The molecule has 0 aliphatic carbocycles. The zero-order chi connectivity index (χ0) is 15.2. The van der Waals surface area contributed by atoms with E-state index in [1.807, 2.05) is 0 Å². The number of nitriles is 1. The summed E-state index contributed by atoms with van der Waals surface area (Å²) < 4.78 is 10.5. The van der Waals surface area contributed by atoms with E-state index in [4.69, 9.17) is 14.7 Å². The molecule has 6 nitrogen and oxygen atoms in total. The van der Waals surface area contributed by atoms with Gasteiger partial charge in [0.2, 0.25) is 0 Å². The van der Waals surface area contributed by atoms with Crippen LogP contribution in [0, 0.1) is 11.3 Å². The Bertz CT molecular complexity index is 531. The number of hydrogen-bond donors (Lipinski definition) is 2. The predicted octanol–water partition coefficient (Wildman–Crippen LogP) is 2.11. The molecule has 0 bridgehead atoms. The summed E-state index contributed by atoms with van der Waals surface area (Å²) in [5, 5.41) is 22.8. The molecule has 23 heavy (non-hydrogen) atoms.